The fraction of sp³-hybridized carbons (Fsp3) is 0.545. The lowest BCUT2D eigenvalue weighted by atomic mass is 10.1. The SMILES string of the molecule is C=C(C)n1c(=O)n(CC(=O)N(CC(C)C)CC(C)C)c2cc(C)c(C)cc21. The second-order valence-electron chi connectivity index (χ2n) is 8.45. The number of nitrogens with zero attached hydrogens (tertiary/aromatic N) is 3. The van der Waals surface area contributed by atoms with Gasteiger partial charge >= 0.3 is 5.69 Å². The summed E-state index contributed by atoms with van der Waals surface area (Å²) in [6.07, 6.45) is 0. The maximum absolute atomic E-state index is 13.0. The van der Waals surface area contributed by atoms with Gasteiger partial charge < -0.3 is 4.90 Å². The molecule has 2 aromatic rings. The van der Waals surface area contributed by atoms with E-state index in [0.29, 0.717) is 30.6 Å². The molecule has 0 saturated carbocycles. The van der Waals surface area contributed by atoms with E-state index in [1.807, 2.05) is 37.8 Å². The summed E-state index contributed by atoms with van der Waals surface area (Å²) in [5.41, 5.74) is 4.26. The van der Waals surface area contributed by atoms with E-state index in [9.17, 15) is 9.59 Å². The fourth-order valence-electron chi connectivity index (χ4n) is 3.42. The molecule has 0 atom stereocenters. The summed E-state index contributed by atoms with van der Waals surface area (Å²) >= 11 is 0. The molecule has 5 heteroatoms. The molecule has 0 unspecified atom stereocenters. The van der Waals surface area contributed by atoms with Gasteiger partial charge in [-0.15, -0.1) is 0 Å². The number of carbonyl (C=O) groups is 1. The van der Waals surface area contributed by atoms with Gasteiger partial charge in [0.25, 0.3) is 0 Å². The highest BCUT2D eigenvalue weighted by Crippen LogP contribution is 2.21. The summed E-state index contributed by atoms with van der Waals surface area (Å²) in [5, 5.41) is 0. The van der Waals surface area contributed by atoms with Crippen molar-refractivity contribution < 1.29 is 4.79 Å². The summed E-state index contributed by atoms with van der Waals surface area (Å²) in [6, 6.07) is 4.00. The molecule has 5 nitrogen and oxygen atoms in total. The van der Waals surface area contributed by atoms with Gasteiger partial charge in [0.1, 0.15) is 6.54 Å². The largest absolute Gasteiger partial charge is 0.341 e. The number of rotatable bonds is 7. The van der Waals surface area contributed by atoms with Gasteiger partial charge in [0.2, 0.25) is 5.91 Å². The Kier molecular flexibility index (Phi) is 6.34. The number of imidazole rings is 1. The van der Waals surface area contributed by atoms with Crippen molar-refractivity contribution in [2.45, 2.75) is 55.0 Å². The standard InChI is InChI=1S/C22H33N3O2/c1-14(2)11-23(12-15(3)4)21(26)13-24-19-9-17(7)18(8)10-20(19)25(16(5)6)22(24)27/h9-10,14-15H,5,11-13H2,1-4,6-8H3. The van der Waals surface area contributed by atoms with E-state index < -0.39 is 0 Å². The molecule has 1 aromatic heterocycles. The minimum Gasteiger partial charge on any atom is -0.341 e. The normalized spacial score (nSPS) is 11.6. The van der Waals surface area contributed by atoms with E-state index in [0.717, 1.165) is 22.2 Å². The zero-order chi connectivity index (χ0) is 20.5. The van der Waals surface area contributed by atoms with E-state index in [2.05, 4.69) is 34.3 Å². The van der Waals surface area contributed by atoms with Crippen LogP contribution in [0.5, 0.6) is 0 Å². The Morgan fingerprint density at radius 1 is 1.04 bits per heavy atom. The number of benzene rings is 1. The van der Waals surface area contributed by atoms with Crippen molar-refractivity contribution in [2.75, 3.05) is 13.1 Å². The average molecular weight is 372 g/mol. The van der Waals surface area contributed by atoms with Crippen molar-refractivity contribution in [3.63, 3.8) is 0 Å². The van der Waals surface area contributed by atoms with Gasteiger partial charge in [0.05, 0.1) is 11.0 Å². The molecule has 27 heavy (non-hydrogen) atoms. The lowest BCUT2D eigenvalue weighted by Gasteiger charge is -2.26. The van der Waals surface area contributed by atoms with Gasteiger partial charge in [-0.05, 0) is 55.9 Å². The maximum Gasteiger partial charge on any atom is 0.333 e. The number of amides is 1. The van der Waals surface area contributed by atoms with Crippen LogP contribution in [0.25, 0.3) is 16.7 Å². The molecule has 1 amide bonds. The molecule has 1 aromatic carbocycles. The average Bonchev–Trinajstić information content (AvgIpc) is 2.78. The van der Waals surface area contributed by atoms with Crippen LogP contribution in [0.4, 0.5) is 0 Å². The number of aromatic nitrogens is 2. The Bertz CT molecular complexity index is 906. The molecule has 0 fully saturated rings. The summed E-state index contributed by atoms with van der Waals surface area (Å²) < 4.78 is 3.19. The van der Waals surface area contributed by atoms with Crippen molar-refractivity contribution in [2.24, 2.45) is 11.8 Å². The third-order valence-corrected chi connectivity index (χ3v) is 4.74. The zero-order valence-corrected chi connectivity index (χ0v) is 17.8. The molecule has 0 N–H and O–H groups in total. The molecule has 0 aliphatic carbocycles. The fourth-order valence-corrected chi connectivity index (χ4v) is 3.42. The smallest absolute Gasteiger partial charge is 0.333 e. The molecule has 2 rings (SSSR count). The van der Waals surface area contributed by atoms with Gasteiger partial charge in [-0.1, -0.05) is 34.3 Å². The number of carbonyl (C=O) groups excluding carboxylic acids is 1. The quantitative estimate of drug-likeness (QED) is 0.737. The molecule has 1 heterocycles. The number of hydrogen-bond acceptors (Lipinski definition) is 2. The predicted molar refractivity (Wildman–Crippen MR) is 113 cm³/mol. The second kappa shape index (κ2) is 8.15. The van der Waals surface area contributed by atoms with Crippen molar-refractivity contribution in [1.29, 1.82) is 0 Å². The lowest BCUT2D eigenvalue weighted by Crippen LogP contribution is -2.40. The van der Waals surface area contributed by atoms with Crippen LogP contribution in [-0.4, -0.2) is 33.0 Å². The highest BCUT2D eigenvalue weighted by molar-refractivity contribution is 5.84. The maximum atomic E-state index is 13.0. The van der Waals surface area contributed by atoms with Crippen molar-refractivity contribution in [3.05, 3.63) is 40.3 Å². The van der Waals surface area contributed by atoms with E-state index in [4.69, 9.17) is 0 Å². The molecule has 0 bridgehead atoms. The number of fused-ring (bicyclic) bond motifs is 1. The van der Waals surface area contributed by atoms with Crippen LogP contribution >= 0.6 is 0 Å². The highest BCUT2D eigenvalue weighted by atomic mass is 16.2. The van der Waals surface area contributed by atoms with Crippen LogP contribution in [0.2, 0.25) is 0 Å². The molecular weight excluding hydrogens is 338 g/mol. The molecule has 0 aliphatic heterocycles. The Morgan fingerprint density at radius 3 is 1.96 bits per heavy atom. The van der Waals surface area contributed by atoms with Crippen LogP contribution in [0.15, 0.2) is 23.5 Å². The van der Waals surface area contributed by atoms with E-state index in [1.54, 1.807) is 9.13 Å². The topological polar surface area (TPSA) is 47.2 Å². The molecule has 0 aliphatic rings. The van der Waals surface area contributed by atoms with Gasteiger partial charge in [-0.3, -0.25) is 13.9 Å². The summed E-state index contributed by atoms with van der Waals surface area (Å²) in [4.78, 5) is 28.0. The monoisotopic (exact) mass is 371 g/mol. The molecule has 0 radical (unpaired) electrons. The van der Waals surface area contributed by atoms with Crippen molar-refractivity contribution in [3.8, 4) is 0 Å². The first-order chi connectivity index (χ1) is 12.5. The van der Waals surface area contributed by atoms with Crippen LogP contribution in [0.1, 0.15) is 45.7 Å². The first-order valence-electron chi connectivity index (χ1n) is 9.69. The van der Waals surface area contributed by atoms with E-state index in [1.165, 1.54) is 0 Å². The minimum atomic E-state index is -0.204. The van der Waals surface area contributed by atoms with Crippen molar-refractivity contribution in [1.82, 2.24) is 14.0 Å². The minimum absolute atomic E-state index is 0.0153. The Labute approximate surface area is 162 Å². The summed E-state index contributed by atoms with van der Waals surface area (Å²) in [7, 11) is 0. The number of allylic oxidation sites excluding steroid dienone is 1. The number of aryl methyl sites for hydroxylation is 2. The molecule has 0 spiro atoms. The predicted octanol–water partition coefficient (Wildman–Crippen LogP) is 4.05. The Morgan fingerprint density at radius 2 is 1.52 bits per heavy atom. The number of hydrogen-bond donors (Lipinski definition) is 0. The van der Waals surface area contributed by atoms with Gasteiger partial charge in [-0.2, -0.15) is 0 Å². The highest BCUT2D eigenvalue weighted by Gasteiger charge is 2.21. The van der Waals surface area contributed by atoms with Crippen LogP contribution in [0, 0.1) is 25.7 Å². The first-order valence-corrected chi connectivity index (χ1v) is 9.69. The molecular formula is C22H33N3O2. The third kappa shape index (κ3) is 4.52. The summed E-state index contributed by atoms with van der Waals surface area (Å²) in [5.74, 6) is 0.746. The second-order valence-corrected chi connectivity index (χ2v) is 8.45. The third-order valence-electron chi connectivity index (χ3n) is 4.74. The first kappa shape index (κ1) is 21.0. The summed E-state index contributed by atoms with van der Waals surface area (Å²) in [6.45, 7) is 19.7. The van der Waals surface area contributed by atoms with E-state index in [-0.39, 0.29) is 18.1 Å². The van der Waals surface area contributed by atoms with Gasteiger partial charge in [-0.25, -0.2) is 4.79 Å². The molecule has 0 saturated heterocycles. The van der Waals surface area contributed by atoms with Crippen LogP contribution in [0.3, 0.4) is 0 Å². The van der Waals surface area contributed by atoms with E-state index >= 15 is 0 Å². The Hall–Kier alpha value is -2.30. The van der Waals surface area contributed by atoms with Gasteiger partial charge in [0, 0.05) is 18.8 Å². The zero-order valence-electron chi connectivity index (χ0n) is 17.8. The molecule has 148 valence electrons. The van der Waals surface area contributed by atoms with Crippen LogP contribution in [-0.2, 0) is 11.3 Å². The van der Waals surface area contributed by atoms with Gasteiger partial charge in [0.15, 0.2) is 0 Å². The van der Waals surface area contributed by atoms with Crippen LogP contribution < -0.4 is 5.69 Å². The van der Waals surface area contributed by atoms with Crippen molar-refractivity contribution >= 4 is 22.6 Å². The Balaban J connectivity index is 2.53. The lowest BCUT2D eigenvalue weighted by molar-refractivity contribution is -0.132.